The highest BCUT2D eigenvalue weighted by Gasteiger charge is 2.25. The summed E-state index contributed by atoms with van der Waals surface area (Å²) < 4.78 is 13.1. The molecule has 1 N–H and O–H groups in total. The minimum atomic E-state index is -0.609. The van der Waals surface area contributed by atoms with E-state index in [1.807, 2.05) is 37.3 Å². The molecule has 0 aromatic heterocycles. The lowest BCUT2D eigenvalue weighted by Gasteiger charge is -2.28. The zero-order valence-electron chi connectivity index (χ0n) is 15.2. The number of nitrogens with zero attached hydrogens (tertiary/aromatic N) is 1. The number of carbonyl (C=O) groups is 2. The zero-order chi connectivity index (χ0) is 18.9. The van der Waals surface area contributed by atoms with Crippen LogP contribution < -0.4 is 5.32 Å². The highest BCUT2D eigenvalue weighted by atomic mass is 19.1. The molecule has 4 nitrogen and oxygen atoms in total. The molecule has 138 valence electrons. The summed E-state index contributed by atoms with van der Waals surface area (Å²) in [5.74, 6) is -0.617. The predicted octanol–water partition coefficient (Wildman–Crippen LogP) is 3.66. The molecule has 1 atom stereocenters. The van der Waals surface area contributed by atoms with Crippen molar-refractivity contribution < 1.29 is 14.0 Å². The number of nitrogens with one attached hydrogen (secondary N) is 1. The first-order valence-corrected chi connectivity index (χ1v) is 8.86. The zero-order valence-corrected chi connectivity index (χ0v) is 15.2. The van der Waals surface area contributed by atoms with Crippen LogP contribution in [0.1, 0.15) is 37.8 Å². The van der Waals surface area contributed by atoms with Crippen molar-refractivity contribution in [1.82, 2.24) is 10.2 Å². The number of amides is 2. The molecule has 2 aromatic carbocycles. The Bertz CT molecular complexity index is 717. The van der Waals surface area contributed by atoms with Crippen molar-refractivity contribution in [3.05, 3.63) is 71.5 Å². The second kappa shape index (κ2) is 9.70. The Labute approximate surface area is 154 Å². The maximum Gasteiger partial charge on any atom is 0.242 e. The van der Waals surface area contributed by atoms with Crippen LogP contribution in [0.25, 0.3) is 0 Å². The van der Waals surface area contributed by atoms with Gasteiger partial charge in [0.2, 0.25) is 11.8 Å². The van der Waals surface area contributed by atoms with Gasteiger partial charge < -0.3 is 10.2 Å². The number of hydrogen-bond acceptors (Lipinski definition) is 2. The van der Waals surface area contributed by atoms with E-state index in [2.05, 4.69) is 5.32 Å². The van der Waals surface area contributed by atoms with Crippen LogP contribution >= 0.6 is 0 Å². The standard InChI is InChI=1S/C21H25FN2O2/c1-3-7-20(25)24(15-18-10-12-19(22)13-11-18)16(2)21(26)23-14-17-8-5-4-6-9-17/h4-6,8-13,16H,3,7,14-15H2,1-2H3,(H,23,26). The molecule has 5 heteroatoms. The average molecular weight is 356 g/mol. The van der Waals surface area contributed by atoms with Crippen molar-refractivity contribution in [2.45, 2.75) is 45.8 Å². The molecule has 0 heterocycles. The van der Waals surface area contributed by atoms with E-state index in [-0.39, 0.29) is 24.2 Å². The number of carbonyl (C=O) groups excluding carboxylic acids is 2. The minimum Gasteiger partial charge on any atom is -0.350 e. The fraction of sp³-hybridized carbons (Fsp3) is 0.333. The largest absolute Gasteiger partial charge is 0.350 e. The van der Waals surface area contributed by atoms with Crippen molar-refractivity contribution in [1.29, 1.82) is 0 Å². The van der Waals surface area contributed by atoms with E-state index in [4.69, 9.17) is 0 Å². The summed E-state index contributed by atoms with van der Waals surface area (Å²) in [6, 6.07) is 15.0. The molecule has 0 saturated heterocycles. The molecule has 0 aliphatic carbocycles. The maximum absolute atomic E-state index is 13.1. The second-order valence-electron chi connectivity index (χ2n) is 6.28. The molecule has 1 unspecified atom stereocenters. The molecule has 0 aliphatic rings. The molecular weight excluding hydrogens is 331 g/mol. The Hall–Kier alpha value is -2.69. The van der Waals surface area contributed by atoms with Gasteiger partial charge in [-0.25, -0.2) is 4.39 Å². The van der Waals surface area contributed by atoms with Crippen molar-refractivity contribution in [2.75, 3.05) is 0 Å². The number of hydrogen-bond donors (Lipinski definition) is 1. The topological polar surface area (TPSA) is 49.4 Å². The van der Waals surface area contributed by atoms with Crippen LogP contribution in [0.5, 0.6) is 0 Å². The van der Waals surface area contributed by atoms with Crippen LogP contribution in [0, 0.1) is 5.82 Å². The lowest BCUT2D eigenvalue weighted by molar-refractivity contribution is -0.140. The third-order valence-electron chi connectivity index (χ3n) is 4.21. The van der Waals surface area contributed by atoms with Crippen molar-refractivity contribution in [2.24, 2.45) is 0 Å². The van der Waals surface area contributed by atoms with E-state index in [9.17, 15) is 14.0 Å². The van der Waals surface area contributed by atoms with Crippen molar-refractivity contribution in [3.8, 4) is 0 Å². The van der Waals surface area contributed by atoms with Crippen LogP contribution in [0.15, 0.2) is 54.6 Å². The molecule has 26 heavy (non-hydrogen) atoms. The highest BCUT2D eigenvalue weighted by molar-refractivity contribution is 5.87. The molecule has 0 bridgehead atoms. The summed E-state index contributed by atoms with van der Waals surface area (Å²) in [4.78, 5) is 26.6. The predicted molar refractivity (Wildman–Crippen MR) is 99.6 cm³/mol. The van der Waals surface area contributed by atoms with Gasteiger partial charge in [0.1, 0.15) is 11.9 Å². The van der Waals surface area contributed by atoms with Crippen molar-refractivity contribution >= 4 is 11.8 Å². The van der Waals surface area contributed by atoms with E-state index >= 15 is 0 Å². The van der Waals surface area contributed by atoms with Crippen LogP contribution in [0.4, 0.5) is 4.39 Å². The Morgan fingerprint density at radius 3 is 2.31 bits per heavy atom. The molecular formula is C21H25FN2O2. The van der Waals surface area contributed by atoms with E-state index in [0.717, 1.165) is 11.1 Å². The van der Waals surface area contributed by atoms with Gasteiger partial charge in [0.05, 0.1) is 0 Å². The Morgan fingerprint density at radius 2 is 1.69 bits per heavy atom. The fourth-order valence-corrected chi connectivity index (χ4v) is 2.66. The number of rotatable bonds is 8. The van der Waals surface area contributed by atoms with E-state index < -0.39 is 6.04 Å². The lowest BCUT2D eigenvalue weighted by atomic mass is 10.1. The summed E-state index contributed by atoms with van der Waals surface area (Å²) in [5.41, 5.74) is 1.79. The summed E-state index contributed by atoms with van der Waals surface area (Å²) in [6.45, 7) is 4.33. The molecule has 2 rings (SSSR count). The third-order valence-corrected chi connectivity index (χ3v) is 4.21. The molecule has 2 amide bonds. The summed E-state index contributed by atoms with van der Waals surface area (Å²) in [7, 11) is 0. The first-order valence-electron chi connectivity index (χ1n) is 8.86. The highest BCUT2D eigenvalue weighted by Crippen LogP contribution is 2.13. The Balaban J connectivity index is 2.05. The van der Waals surface area contributed by atoms with Crippen LogP contribution in [-0.4, -0.2) is 22.8 Å². The molecule has 0 fully saturated rings. The van der Waals surface area contributed by atoms with E-state index in [1.54, 1.807) is 24.0 Å². The van der Waals surface area contributed by atoms with Crippen LogP contribution in [0.3, 0.4) is 0 Å². The molecule has 0 saturated carbocycles. The molecule has 2 aromatic rings. The molecule has 0 spiro atoms. The minimum absolute atomic E-state index is 0.0841. The fourth-order valence-electron chi connectivity index (χ4n) is 2.66. The van der Waals surface area contributed by atoms with Gasteiger partial charge in [-0.05, 0) is 36.6 Å². The third kappa shape index (κ3) is 5.69. The van der Waals surface area contributed by atoms with Gasteiger partial charge in [-0.3, -0.25) is 9.59 Å². The smallest absolute Gasteiger partial charge is 0.242 e. The average Bonchev–Trinajstić information content (AvgIpc) is 2.66. The first kappa shape index (κ1) is 19.6. The summed E-state index contributed by atoms with van der Waals surface area (Å²) >= 11 is 0. The maximum atomic E-state index is 13.1. The van der Waals surface area contributed by atoms with E-state index in [0.29, 0.717) is 19.4 Å². The molecule has 0 radical (unpaired) electrons. The van der Waals surface area contributed by atoms with Gasteiger partial charge in [0.15, 0.2) is 0 Å². The lowest BCUT2D eigenvalue weighted by Crippen LogP contribution is -2.47. The molecule has 0 aliphatic heterocycles. The summed E-state index contributed by atoms with van der Waals surface area (Å²) in [5, 5.41) is 2.88. The monoisotopic (exact) mass is 356 g/mol. The first-order chi connectivity index (χ1) is 12.5. The number of benzene rings is 2. The quantitative estimate of drug-likeness (QED) is 0.785. The van der Waals surface area contributed by atoms with Gasteiger partial charge in [0.25, 0.3) is 0 Å². The Morgan fingerprint density at radius 1 is 1.04 bits per heavy atom. The SMILES string of the molecule is CCCC(=O)N(Cc1ccc(F)cc1)C(C)C(=O)NCc1ccccc1. The van der Waals surface area contributed by atoms with Gasteiger partial charge in [-0.1, -0.05) is 49.4 Å². The normalized spacial score (nSPS) is 11.7. The summed E-state index contributed by atoms with van der Waals surface area (Å²) in [6.07, 6.45) is 1.08. The van der Waals surface area contributed by atoms with Crippen LogP contribution in [0.2, 0.25) is 0 Å². The van der Waals surface area contributed by atoms with Gasteiger partial charge in [0, 0.05) is 19.5 Å². The van der Waals surface area contributed by atoms with Gasteiger partial charge in [-0.2, -0.15) is 0 Å². The van der Waals surface area contributed by atoms with Crippen LogP contribution in [-0.2, 0) is 22.7 Å². The Kier molecular flexibility index (Phi) is 7.33. The second-order valence-corrected chi connectivity index (χ2v) is 6.28. The number of halogens is 1. The van der Waals surface area contributed by atoms with Gasteiger partial charge in [-0.15, -0.1) is 0 Å². The van der Waals surface area contributed by atoms with Gasteiger partial charge >= 0.3 is 0 Å². The van der Waals surface area contributed by atoms with E-state index in [1.165, 1.54) is 12.1 Å². The van der Waals surface area contributed by atoms with Crippen molar-refractivity contribution in [3.63, 3.8) is 0 Å².